The van der Waals surface area contributed by atoms with E-state index in [4.69, 9.17) is 5.73 Å². The van der Waals surface area contributed by atoms with Crippen LogP contribution in [0.25, 0.3) is 0 Å². The van der Waals surface area contributed by atoms with Crippen molar-refractivity contribution in [3.8, 4) is 0 Å². The Labute approximate surface area is 86.8 Å². The predicted molar refractivity (Wildman–Crippen MR) is 50.4 cm³/mol. The molecule has 0 spiro atoms. The number of amides is 3. The maximum atomic E-state index is 11.5. The van der Waals surface area contributed by atoms with Crippen LogP contribution in [0.4, 0.5) is 0 Å². The second-order valence-corrected chi connectivity index (χ2v) is 4.10. The van der Waals surface area contributed by atoms with Gasteiger partial charge in [0.25, 0.3) is 0 Å². The molecule has 2 aliphatic heterocycles. The van der Waals surface area contributed by atoms with Crippen molar-refractivity contribution in [2.24, 2.45) is 17.6 Å². The van der Waals surface area contributed by atoms with Crippen LogP contribution < -0.4 is 11.1 Å². The van der Waals surface area contributed by atoms with Crippen LogP contribution in [-0.4, -0.2) is 41.8 Å². The summed E-state index contributed by atoms with van der Waals surface area (Å²) in [6.07, 6.45) is 0. The highest BCUT2D eigenvalue weighted by Gasteiger charge is 2.49. The van der Waals surface area contributed by atoms with Gasteiger partial charge >= 0.3 is 0 Å². The number of carbonyl (C=O) groups is 3. The first-order valence-electron chi connectivity index (χ1n) is 4.89. The first-order chi connectivity index (χ1) is 7.00. The fourth-order valence-corrected chi connectivity index (χ4v) is 2.11. The average molecular weight is 211 g/mol. The minimum atomic E-state index is -0.581. The van der Waals surface area contributed by atoms with Gasteiger partial charge in [-0.1, -0.05) is 0 Å². The summed E-state index contributed by atoms with van der Waals surface area (Å²) in [5.41, 5.74) is 5.46. The molecule has 2 aliphatic rings. The second-order valence-electron chi connectivity index (χ2n) is 4.10. The van der Waals surface area contributed by atoms with Gasteiger partial charge in [0, 0.05) is 13.1 Å². The van der Waals surface area contributed by atoms with E-state index in [1.807, 2.05) is 0 Å². The molecule has 0 bridgehead atoms. The van der Waals surface area contributed by atoms with Crippen LogP contribution in [0.1, 0.15) is 6.92 Å². The molecule has 6 nitrogen and oxygen atoms in total. The first-order valence-corrected chi connectivity index (χ1v) is 4.89. The molecule has 0 aromatic rings. The van der Waals surface area contributed by atoms with Crippen molar-refractivity contribution in [3.63, 3.8) is 0 Å². The zero-order valence-electron chi connectivity index (χ0n) is 8.40. The number of likely N-dealkylation sites (tertiary alicyclic amines) is 1. The number of imide groups is 1. The molecule has 2 fully saturated rings. The minimum Gasteiger partial charge on any atom is -0.340 e. The normalized spacial score (nSPS) is 31.5. The van der Waals surface area contributed by atoms with Crippen molar-refractivity contribution in [3.05, 3.63) is 0 Å². The Bertz CT molecular complexity index is 317. The number of rotatable bonds is 1. The van der Waals surface area contributed by atoms with Crippen LogP contribution in [-0.2, 0) is 14.4 Å². The highest BCUT2D eigenvalue weighted by molar-refractivity contribution is 6.06. The third kappa shape index (κ3) is 1.50. The van der Waals surface area contributed by atoms with Crippen molar-refractivity contribution in [2.45, 2.75) is 13.0 Å². The van der Waals surface area contributed by atoms with Crippen LogP contribution in [0.5, 0.6) is 0 Å². The molecule has 0 aromatic heterocycles. The molecular weight excluding hydrogens is 198 g/mol. The Morgan fingerprint density at radius 3 is 2.27 bits per heavy atom. The zero-order chi connectivity index (χ0) is 11.2. The Morgan fingerprint density at radius 1 is 1.40 bits per heavy atom. The van der Waals surface area contributed by atoms with Crippen LogP contribution in [0.3, 0.4) is 0 Å². The monoisotopic (exact) mass is 211 g/mol. The van der Waals surface area contributed by atoms with Gasteiger partial charge in [-0.3, -0.25) is 19.7 Å². The zero-order valence-corrected chi connectivity index (χ0v) is 8.40. The van der Waals surface area contributed by atoms with Crippen molar-refractivity contribution < 1.29 is 14.4 Å². The second kappa shape index (κ2) is 3.30. The van der Waals surface area contributed by atoms with E-state index in [2.05, 4.69) is 5.32 Å². The lowest BCUT2D eigenvalue weighted by Gasteiger charge is -2.18. The molecule has 3 N–H and O–H groups in total. The van der Waals surface area contributed by atoms with Gasteiger partial charge in [0.2, 0.25) is 17.7 Å². The molecular formula is C9H13N3O3. The quantitative estimate of drug-likeness (QED) is 0.494. The van der Waals surface area contributed by atoms with Crippen molar-refractivity contribution >= 4 is 17.7 Å². The maximum Gasteiger partial charge on any atom is 0.239 e. The number of fused-ring (bicyclic) bond motifs is 1. The van der Waals surface area contributed by atoms with Gasteiger partial charge in [0.1, 0.15) is 0 Å². The van der Waals surface area contributed by atoms with Gasteiger partial charge in [-0.2, -0.15) is 0 Å². The number of nitrogens with one attached hydrogen (secondary N) is 1. The molecule has 0 unspecified atom stereocenters. The highest BCUT2D eigenvalue weighted by atomic mass is 16.2. The van der Waals surface area contributed by atoms with Crippen LogP contribution in [0.15, 0.2) is 0 Å². The molecule has 3 amide bonds. The number of nitrogens with two attached hydrogens (primary N) is 1. The molecule has 2 saturated heterocycles. The SMILES string of the molecule is C[C@@H](N)C(=O)N1C[C@@H]2C(=O)NC(=O)[C@@H]2C1. The Balaban J connectivity index is 2.10. The van der Waals surface area contributed by atoms with E-state index >= 15 is 0 Å². The van der Waals surface area contributed by atoms with E-state index in [1.54, 1.807) is 6.92 Å². The third-order valence-electron chi connectivity index (χ3n) is 2.94. The van der Waals surface area contributed by atoms with Crippen LogP contribution in [0.2, 0.25) is 0 Å². The van der Waals surface area contributed by atoms with E-state index in [0.29, 0.717) is 13.1 Å². The summed E-state index contributed by atoms with van der Waals surface area (Å²) >= 11 is 0. The van der Waals surface area contributed by atoms with E-state index in [0.717, 1.165) is 0 Å². The third-order valence-corrected chi connectivity index (χ3v) is 2.94. The lowest BCUT2D eigenvalue weighted by atomic mass is 10.00. The van der Waals surface area contributed by atoms with Crippen molar-refractivity contribution in [2.75, 3.05) is 13.1 Å². The summed E-state index contributed by atoms with van der Waals surface area (Å²) in [6, 6.07) is -0.581. The standard InChI is InChI=1S/C9H13N3O3/c1-4(10)9(15)12-2-5-6(3-12)8(14)11-7(5)13/h4-6H,2-3,10H2,1H3,(H,11,13,14)/t4-,5-,6+/m1/s1. The smallest absolute Gasteiger partial charge is 0.239 e. The van der Waals surface area contributed by atoms with Crippen LogP contribution in [0, 0.1) is 11.8 Å². The number of hydrogen-bond donors (Lipinski definition) is 2. The Kier molecular flexibility index (Phi) is 2.22. The summed E-state index contributed by atoms with van der Waals surface area (Å²) in [6.45, 7) is 2.21. The molecule has 15 heavy (non-hydrogen) atoms. The van der Waals surface area contributed by atoms with Crippen molar-refractivity contribution in [1.82, 2.24) is 10.2 Å². The van der Waals surface area contributed by atoms with E-state index in [-0.39, 0.29) is 29.6 Å². The summed E-state index contributed by atoms with van der Waals surface area (Å²) in [7, 11) is 0. The molecule has 82 valence electrons. The Hall–Kier alpha value is -1.43. The molecule has 6 heteroatoms. The average Bonchev–Trinajstić information content (AvgIpc) is 2.68. The number of carbonyl (C=O) groups excluding carboxylic acids is 3. The van der Waals surface area contributed by atoms with Gasteiger partial charge in [0.05, 0.1) is 17.9 Å². The van der Waals surface area contributed by atoms with Crippen molar-refractivity contribution in [1.29, 1.82) is 0 Å². The molecule has 2 heterocycles. The fourth-order valence-electron chi connectivity index (χ4n) is 2.11. The van der Waals surface area contributed by atoms with E-state index < -0.39 is 6.04 Å². The summed E-state index contributed by atoms with van der Waals surface area (Å²) in [4.78, 5) is 35.7. The number of nitrogens with zero attached hydrogens (tertiary/aromatic N) is 1. The van der Waals surface area contributed by atoms with Gasteiger partial charge < -0.3 is 10.6 Å². The van der Waals surface area contributed by atoms with E-state index in [1.165, 1.54) is 4.90 Å². The van der Waals surface area contributed by atoms with Gasteiger partial charge in [-0.25, -0.2) is 0 Å². The van der Waals surface area contributed by atoms with Crippen LogP contribution >= 0.6 is 0 Å². The molecule has 0 saturated carbocycles. The Morgan fingerprint density at radius 2 is 1.87 bits per heavy atom. The summed E-state index contributed by atoms with van der Waals surface area (Å²) < 4.78 is 0. The fraction of sp³-hybridized carbons (Fsp3) is 0.667. The lowest BCUT2D eigenvalue weighted by molar-refractivity contribution is -0.132. The largest absolute Gasteiger partial charge is 0.340 e. The van der Waals surface area contributed by atoms with Gasteiger partial charge in [-0.05, 0) is 6.92 Å². The summed E-state index contributed by atoms with van der Waals surface area (Å²) in [5, 5.41) is 2.26. The molecule has 3 atom stereocenters. The topological polar surface area (TPSA) is 92.5 Å². The molecule has 2 rings (SSSR count). The lowest BCUT2D eigenvalue weighted by Crippen LogP contribution is -2.43. The van der Waals surface area contributed by atoms with E-state index in [9.17, 15) is 14.4 Å². The molecule has 0 radical (unpaired) electrons. The number of hydrogen-bond acceptors (Lipinski definition) is 4. The minimum absolute atomic E-state index is 0.204. The highest BCUT2D eigenvalue weighted by Crippen LogP contribution is 2.28. The van der Waals surface area contributed by atoms with Gasteiger partial charge in [0.15, 0.2) is 0 Å². The molecule has 0 aromatic carbocycles. The van der Waals surface area contributed by atoms with Gasteiger partial charge in [-0.15, -0.1) is 0 Å². The molecule has 0 aliphatic carbocycles. The first kappa shape index (κ1) is 10.1. The maximum absolute atomic E-state index is 11.5. The summed E-state index contributed by atoms with van der Waals surface area (Å²) in [5.74, 6) is -1.50. The predicted octanol–water partition coefficient (Wildman–Crippen LogP) is -1.94.